The van der Waals surface area contributed by atoms with Crippen LogP contribution in [0.15, 0.2) is 6.33 Å². The summed E-state index contributed by atoms with van der Waals surface area (Å²) < 4.78 is 5.14. The largest absolute Gasteiger partial charge is 0.491 e. The number of methoxy groups -OCH3 is 1. The molecule has 6 heteroatoms. The number of ether oxygens (including phenoxy) is 1. The first-order valence-corrected chi connectivity index (χ1v) is 5.61. The number of piperidine rings is 1. The Balaban J connectivity index is 2.38. The lowest BCUT2D eigenvalue weighted by atomic mass is 10.1. The van der Waals surface area contributed by atoms with Gasteiger partial charge in [-0.1, -0.05) is 0 Å². The van der Waals surface area contributed by atoms with Gasteiger partial charge >= 0.3 is 5.97 Å². The van der Waals surface area contributed by atoms with Crippen LogP contribution in [0, 0.1) is 0 Å². The van der Waals surface area contributed by atoms with Gasteiger partial charge in [0.05, 0.1) is 7.11 Å². The highest BCUT2D eigenvalue weighted by Crippen LogP contribution is 2.30. The molecule has 6 nitrogen and oxygen atoms in total. The van der Waals surface area contributed by atoms with E-state index >= 15 is 0 Å². The SMILES string of the molecule is COc1c(C(=O)O)ncnc1N1CCCCC1. The molecule has 0 bridgehead atoms. The molecule has 0 amide bonds. The molecule has 1 aliphatic rings. The van der Waals surface area contributed by atoms with Gasteiger partial charge in [0.25, 0.3) is 0 Å². The van der Waals surface area contributed by atoms with Crippen molar-refractivity contribution in [3.05, 3.63) is 12.0 Å². The standard InChI is InChI=1S/C11H15N3O3/c1-17-9-8(11(15)16)12-7-13-10(9)14-5-3-2-4-6-14/h7H,2-6H2,1H3,(H,15,16). The molecule has 1 aromatic heterocycles. The number of hydrogen-bond acceptors (Lipinski definition) is 5. The third-order valence-corrected chi connectivity index (χ3v) is 2.85. The van der Waals surface area contributed by atoms with Crippen LogP contribution in [-0.4, -0.2) is 41.2 Å². The fourth-order valence-corrected chi connectivity index (χ4v) is 2.04. The average Bonchev–Trinajstić information content (AvgIpc) is 2.38. The normalized spacial score (nSPS) is 15.7. The van der Waals surface area contributed by atoms with Crippen molar-refractivity contribution < 1.29 is 14.6 Å². The number of carbonyl (C=O) groups is 1. The maximum Gasteiger partial charge on any atom is 0.358 e. The number of aromatic nitrogens is 2. The summed E-state index contributed by atoms with van der Waals surface area (Å²) in [6, 6.07) is 0. The molecule has 1 aromatic rings. The molecule has 2 rings (SSSR count). The van der Waals surface area contributed by atoms with Gasteiger partial charge in [-0.15, -0.1) is 0 Å². The van der Waals surface area contributed by atoms with E-state index in [1.807, 2.05) is 0 Å². The summed E-state index contributed by atoms with van der Waals surface area (Å²) in [4.78, 5) is 21.0. The van der Waals surface area contributed by atoms with Gasteiger partial charge in [0.1, 0.15) is 6.33 Å². The number of anilines is 1. The quantitative estimate of drug-likeness (QED) is 0.850. The van der Waals surface area contributed by atoms with Crippen LogP contribution in [-0.2, 0) is 0 Å². The summed E-state index contributed by atoms with van der Waals surface area (Å²) >= 11 is 0. The molecule has 0 atom stereocenters. The fraction of sp³-hybridized carbons (Fsp3) is 0.545. The molecule has 0 unspecified atom stereocenters. The zero-order valence-corrected chi connectivity index (χ0v) is 9.72. The zero-order valence-electron chi connectivity index (χ0n) is 9.72. The summed E-state index contributed by atoms with van der Waals surface area (Å²) in [5.74, 6) is -0.260. The fourth-order valence-electron chi connectivity index (χ4n) is 2.04. The first-order chi connectivity index (χ1) is 8.24. The minimum Gasteiger partial charge on any atom is -0.491 e. The average molecular weight is 237 g/mol. The summed E-state index contributed by atoms with van der Waals surface area (Å²) in [6.07, 6.45) is 4.66. The Morgan fingerprint density at radius 3 is 2.65 bits per heavy atom. The smallest absolute Gasteiger partial charge is 0.358 e. The van der Waals surface area contributed by atoms with E-state index in [4.69, 9.17) is 9.84 Å². The first kappa shape index (κ1) is 11.6. The second kappa shape index (κ2) is 4.99. The topological polar surface area (TPSA) is 75.5 Å². The van der Waals surface area contributed by atoms with Crippen molar-refractivity contribution in [2.24, 2.45) is 0 Å². The van der Waals surface area contributed by atoms with Crippen LogP contribution in [0.3, 0.4) is 0 Å². The molecule has 0 spiro atoms. The maximum atomic E-state index is 11.0. The van der Waals surface area contributed by atoms with Crippen molar-refractivity contribution >= 4 is 11.8 Å². The highest BCUT2D eigenvalue weighted by atomic mass is 16.5. The van der Waals surface area contributed by atoms with Crippen LogP contribution >= 0.6 is 0 Å². The Hall–Kier alpha value is -1.85. The van der Waals surface area contributed by atoms with E-state index in [0.29, 0.717) is 5.82 Å². The van der Waals surface area contributed by atoms with E-state index in [0.717, 1.165) is 25.9 Å². The molecule has 1 fully saturated rings. The van der Waals surface area contributed by atoms with Crippen LogP contribution < -0.4 is 9.64 Å². The van der Waals surface area contributed by atoms with Crippen LogP contribution in [0.25, 0.3) is 0 Å². The van der Waals surface area contributed by atoms with Crippen LogP contribution in [0.5, 0.6) is 5.75 Å². The van der Waals surface area contributed by atoms with E-state index in [1.54, 1.807) is 0 Å². The number of rotatable bonds is 3. The van der Waals surface area contributed by atoms with Crippen LogP contribution in [0.2, 0.25) is 0 Å². The monoisotopic (exact) mass is 237 g/mol. The van der Waals surface area contributed by atoms with E-state index in [9.17, 15) is 4.79 Å². The molecule has 17 heavy (non-hydrogen) atoms. The second-order valence-electron chi connectivity index (χ2n) is 3.93. The molecule has 0 aliphatic carbocycles. The van der Waals surface area contributed by atoms with Gasteiger partial charge in [0.15, 0.2) is 17.3 Å². The lowest BCUT2D eigenvalue weighted by molar-refractivity contribution is 0.0686. The Morgan fingerprint density at radius 1 is 1.35 bits per heavy atom. The maximum absolute atomic E-state index is 11.0. The highest BCUT2D eigenvalue weighted by molar-refractivity contribution is 5.90. The lowest BCUT2D eigenvalue weighted by Crippen LogP contribution is -2.31. The third-order valence-electron chi connectivity index (χ3n) is 2.85. The number of aromatic carboxylic acids is 1. The van der Waals surface area contributed by atoms with Crippen molar-refractivity contribution in [3.8, 4) is 5.75 Å². The molecular weight excluding hydrogens is 222 g/mol. The van der Waals surface area contributed by atoms with Gasteiger partial charge in [-0.25, -0.2) is 14.8 Å². The van der Waals surface area contributed by atoms with Crippen molar-refractivity contribution in [3.63, 3.8) is 0 Å². The first-order valence-electron chi connectivity index (χ1n) is 5.61. The summed E-state index contributed by atoms with van der Waals surface area (Å²) in [5, 5.41) is 9.03. The lowest BCUT2D eigenvalue weighted by Gasteiger charge is -2.28. The van der Waals surface area contributed by atoms with E-state index in [1.165, 1.54) is 19.9 Å². The number of carboxylic acids is 1. The Bertz CT molecular complexity index is 416. The predicted octanol–water partition coefficient (Wildman–Crippen LogP) is 1.17. The Kier molecular flexibility index (Phi) is 3.41. The molecule has 0 saturated carbocycles. The van der Waals surface area contributed by atoms with Crippen LogP contribution in [0.4, 0.5) is 5.82 Å². The highest BCUT2D eigenvalue weighted by Gasteiger charge is 2.22. The van der Waals surface area contributed by atoms with Gasteiger partial charge in [-0.2, -0.15) is 0 Å². The van der Waals surface area contributed by atoms with Gasteiger partial charge in [-0.3, -0.25) is 0 Å². The summed E-state index contributed by atoms with van der Waals surface area (Å²) in [7, 11) is 1.44. The van der Waals surface area contributed by atoms with Gasteiger partial charge in [0, 0.05) is 13.1 Å². The van der Waals surface area contributed by atoms with Crippen molar-refractivity contribution in [2.75, 3.05) is 25.1 Å². The summed E-state index contributed by atoms with van der Waals surface area (Å²) in [6.45, 7) is 1.76. The number of carboxylic acid groups (broad SMARTS) is 1. The van der Waals surface area contributed by atoms with Crippen molar-refractivity contribution in [1.29, 1.82) is 0 Å². The second-order valence-corrected chi connectivity index (χ2v) is 3.93. The number of nitrogens with zero attached hydrogens (tertiary/aromatic N) is 3. The van der Waals surface area contributed by atoms with Crippen LogP contribution in [0.1, 0.15) is 29.8 Å². The molecule has 1 aliphatic heterocycles. The van der Waals surface area contributed by atoms with Crippen molar-refractivity contribution in [2.45, 2.75) is 19.3 Å². The molecule has 2 heterocycles. The number of hydrogen-bond donors (Lipinski definition) is 1. The van der Waals surface area contributed by atoms with E-state index in [-0.39, 0.29) is 11.4 Å². The molecule has 1 N–H and O–H groups in total. The minimum atomic E-state index is -1.09. The van der Waals surface area contributed by atoms with Crippen molar-refractivity contribution in [1.82, 2.24) is 9.97 Å². The minimum absolute atomic E-state index is 0.0805. The van der Waals surface area contributed by atoms with Gasteiger partial charge in [-0.05, 0) is 19.3 Å². The summed E-state index contributed by atoms with van der Waals surface area (Å²) in [5.41, 5.74) is -0.0805. The van der Waals surface area contributed by atoms with E-state index < -0.39 is 5.97 Å². The molecule has 92 valence electrons. The molecular formula is C11H15N3O3. The van der Waals surface area contributed by atoms with E-state index in [2.05, 4.69) is 14.9 Å². The molecule has 0 radical (unpaired) electrons. The molecule has 1 saturated heterocycles. The third kappa shape index (κ3) is 2.30. The zero-order chi connectivity index (χ0) is 12.3. The van der Waals surface area contributed by atoms with Gasteiger partial charge < -0.3 is 14.7 Å². The Labute approximate surface area is 99.2 Å². The van der Waals surface area contributed by atoms with Gasteiger partial charge in [0.2, 0.25) is 0 Å². The Morgan fingerprint density at radius 2 is 2.06 bits per heavy atom. The molecule has 0 aromatic carbocycles. The predicted molar refractivity (Wildman–Crippen MR) is 61.6 cm³/mol.